The Morgan fingerprint density at radius 3 is 2.41 bits per heavy atom. The Kier molecular flexibility index (Phi) is 6.74. The zero-order valence-electron chi connectivity index (χ0n) is 19.2. The van der Waals surface area contributed by atoms with E-state index in [-0.39, 0.29) is 11.5 Å². The van der Waals surface area contributed by atoms with Gasteiger partial charge in [-0.05, 0) is 71.5 Å². The van der Waals surface area contributed by atoms with E-state index in [9.17, 15) is 9.90 Å². The van der Waals surface area contributed by atoms with E-state index in [1.807, 2.05) is 54.6 Å². The zero-order valence-corrected chi connectivity index (χ0v) is 19.2. The van der Waals surface area contributed by atoms with E-state index in [2.05, 4.69) is 11.0 Å². The molecule has 0 unspecified atom stereocenters. The van der Waals surface area contributed by atoms with Gasteiger partial charge in [0.05, 0.1) is 13.2 Å². The minimum absolute atomic E-state index is 0.00934. The van der Waals surface area contributed by atoms with Crippen molar-refractivity contribution >= 4 is 16.9 Å². The van der Waals surface area contributed by atoms with Gasteiger partial charge in [-0.2, -0.15) is 0 Å². The summed E-state index contributed by atoms with van der Waals surface area (Å²) in [6.45, 7) is 4.91. The van der Waals surface area contributed by atoms with Crippen LogP contribution in [0.3, 0.4) is 0 Å². The molecule has 1 heterocycles. The van der Waals surface area contributed by atoms with Crippen LogP contribution in [-0.2, 0) is 11.2 Å². The standard InChI is InChI=1S/C29H29NO4/c31-24-10-5-22(6-11-24)27-14-9-21-3-1-2-4-26(21)28(27)29(32)23-7-12-25(13-8-23)34-20-17-30-15-18-33-19-16-30/h1-8,10-13,31H,9,14-20H2. The Hall–Kier alpha value is -3.41. The number of phenolic OH excluding ortho intramolecular Hbond substituents is 1. The topological polar surface area (TPSA) is 59.0 Å². The molecule has 0 radical (unpaired) electrons. The van der Waals surface area contributed by atoms with Crippen molar-refractivity contribution in [3.8, 4) is 11.5 Å². The molecule has 3 aromatic rings. The van der Waals surface area contributed by atoms with Gasteiger partial charge in [0, 0.05) is 30.8 Å². The van der Waals surface area contributed by atoms with Crippen LogP contribution in [0.2, 0.25) is 0 Å². The number of nitrogens with zero attached hydrogens (tertiary/aromatic N) is 1. The van der Waals surface area contributed by atoms with Crippen molar-refractivity contribution in [2.45, 2.75) is 12.8 Å². The van der Waals surface area contributed by atoms with Crippen LogP contribution >= 0.6 is 0 Å². The predicted molar refractivity (Wildman–Crippen MR) is 133 cm³/mol. The lowest BCUT2D eigenvalue weighted by atomic mass is 9.79. The highest BCUT2D eigenvalue weighted by Crippen LogP contribution is 2.39. The summed E-state index contributed by atoms with van der Waals surface area (Å²) in [5.74, 6) is 0.995. The van der Waals surface area contributed by atoms with Crippen LogP contribution in [0.5, 0.6) is 11.5 Å². The third-order valence-electron chi connectivity index (χ3n) is 6.57. The third-order valence-corrected chi connectivity index (χ3v) is 6.57. The zero-order chi connectivity index (χ0) is 23.3. The van der Waals surface area contributed by atoms with E-state index in [0.29, 0.717) is 12.2 Å². The molecular formula is C29H29NO4. The molecule has 2 aliphatic rings. The number of benzene rings is 3. The lowest BCUT2D eigenvalue weighted by Crippen LogP contribution is -2.38. The number of hydrogen-bond donors (Lipinski definition) is 1. The molecule has 0 bridgehead atoms. The fraction of sp³-hybridized carbons (Fsp3) is 0.276. The van der Waals surface area contributed by atoms with Crippen molar-refractivity contribution in [3.63, 3.8) is 0 Å². The second kappa shape index (κ2) is 10.2. The minimum Gasteiger partial charge on any atom is -0.508 e. The first-order valence-corrected chi connectivity index (χ1v) is 11.9. The molecule has 1 aliphatic carbocycles. The average molecular weight is 456 g/mol. The largest absolute Gasteiger partial charge is 0.508 e. The third kappa shape index (κ3) is 4.91. The van der Waals surface area contributed by atoms with E-state index in [4.69, 9.17) is 9.47 Å². The fourth-order valence-corrected chi connectivity index (χ4v) is 4.70. The van der Waals surface area contributed by atoms with Gasteiger partial charge in [-0.15, -0.1) is 0 Å². The molecule has 0 spiro atoms. The van der Waals surface area contributed by atoms with Gasteiger partial charge in [-0.25, -0.2) is 0 Å². The van der Waals surface area contributed by atoms with E-state index in [1.54, 1.807) is 12.1 Å². The van der Waals surface area contributed by atoms with Crippen LogP contribution in [0.15, 0.2) is 72.8 Å². The van der Waals surface area contributed by atoms with Crippen LogP contribution in [0, 0.1) is 0 Å². The number of ether oxygens (including phenoxy) is 2. The summed E-state index contributed by atoms with van der Waals surface area (Å²) in [5, 5.41) is 9.72. The Morgan fingerprint density at radius 1 is 0.912 bits per heavy atom. The van der Waals surface area contributed by atoms with Crippen molar-refractivity contribution in [1.82, 2.24) is 4.90 Å². The first-order chi connectivity index (χ1) is 16.7. The number of carbonyl (C=O) groups excluding carboxylic acids is 1. The first kappa shape index (κ1) is 22.4. The second-order valence-electron chi connectivity index (χ2n) is 8.71. The molecule has 5 rings (SSSR count). The predicted octanol–water partition coefficient (Wildman–Crippen LogP) is 4.84. The molecule has 0 saturated carbocycles. The maximum atomic E-state index is 13.8. The van der Waals surface area contributed by atoms with Gasteiger partial charge in [0.2, 0.25) is 0 Å². The highest BCUT2D eigenvalue weighted by molar-refractivity contribution is 6.35. The van der Waals surface area contributed by atoms with Gasteiger partial charge in [-0.1, -0.05) is 36.4 Å². The van der Waals surface area contributed by atoms with Gasteiger partial charge in [-0.3, -0.25) is 9.69 Å². The smallest absolute Gasteiger partial charge is 0.193 e. The van der Waals surface area contributed by atoms with Crippen LogP contribution in [0.1, 0.15) is 33.5 Å². The number of ketones is 1. The van der Waals surface area contributed by atoms with Crippen molar-refractivity contribution in [3.05, 3.63) is 95.1 Å². The molecule has 5 heteroatoms. The number of Topliss-reactive ketones (excluding diaryl/α,β-unsaturated/α-hetero) is 1. The summed E-state index contributed by atoms with van der Waals surface area (Å²) in [5.41, 5.74) is 5.56. The molecule has 0 aromatic heterocycles. The Bertz CT molecular complexity index is 1180. The summed E-state index contributed by atoms with van der Waals surface area (Å²) < 4.78 is 11.3. The number of allylic oxidation sites excluding steroid dienone is 2. The SMILES string of the molecule is O=C(C1=C(c2ccc(O)cc2)CCc2ccccc21)c1ccc(OCCN2CCOCC2)cc1. The van der Waals surface area contributed by atoms with Crippen molar-refractivity contribution in [2.75, 3.05) is 39.5 Å². The number of aromatic hydroxyl groups is 1. The number of fused-ring (bicyclic) bond motifs is 1. The molecule has 5 nitrogen and oxygen atoms in total. The fourth-order valence-electron chi connectivity index (χ4n) is 4.70. The highest BCUT2D eigenvalue weighted by atomic mass is 16.5. The lowest BCUT2D eigenvalue weighted by molar-refractivity contribution is 0.0322. The number of carbonyl (C=O) groups is 1. The maximum Gasteiger partial charge on any atom is 0.193 e. The summed E-state index contributed by atoms with van der Waals surface area (Å²) >= 11 is 0. The molecule has 1 fully saturated rings. The van der Waals surface area contributed by atoms with Crippen LogP contribution in [0.4, 0.5) is 0 Å². The molecule has 0 amide bonds. The maximum absolute atomic E-state index is 13.8. The number of rotatable bonds is 7. The highest BCUT2D eigenvalue weighted by Gasteiger charge is 2.26. The molecule has 1 saturated heterocycles. The monoisotopic (exact) mass is 455 g/mol. The molecular weight excluding hydrogens is 426 g/mol. The quantitative estimate of drug-likeness (QED) is 0.517. The van der Waals surface area contributed by atoms with Crippen molar-refractivity contribution in [1.29, 1.82) is 0 Å². The number of aryl methyl sites for hydroxylation is 1. The molecule has 3 aromatic carbocycles. The lowest BCUT2D eigenvalue weighted by Gasteiger charge is -2.26. The molecule has 34 heavy (non-hydrogen) atoms. The molecule has 1 N–H and O–H groups in total. The Balaban J connectivity index is 1.38. The van der Waals surface area contributed by atoms with Crippen LogP contribution in [-0.4, -0.2) is 55.2 Å². The summed E-state index contributed by atoms with van der Waals surface area (Å²) in [7, 11) is 0. The summed E-state index contributed by atoms with van der Waals surface area (Å²) in [6.07, 6.45) is 1.67. The Morgan fingerprint density at radius 2 is 1.65 bits per heavy atom. The van der Waals surface area contributed by atoms with Gasteiger partial charge in [0.25, 0.3) is 0 Å². The van der Waals surface area contributed by atoms with Gasteiger partial charge >= 0.3 is 0 Å². The summed E-state index contributed by atoms with van der Waals surface area (Å²) in [6, 6.07) is 22.7. The second-order valence-corrected chi connectivity index (χ2v) is 8.71. The van der Waals surface area contributed by atoms with Gasteiger partial charge in [0.1, 0.15) is 18.1 Å². The van der Waals surface area contributed by atoms with Crippen LogP contribution < -0.4 is 4.74 Å². The first-order valence-electron chi connectivity index (χ1n) is 11.9. The average Bonchev–Trinajstić information content (AvgIpc) is 2.89. The molecule has 0 atom stereocenters. The van der Waals surface area contributed by atoms with Crippen LogP contribution in [0.25, 0.3) is 11.1 Å². The summed E-state index contributed by atoms with van der Waals surface area (Å²) in [4.78, 5) is 16.1. The van der Waals surface area contributed by atoms with E-state index >= 15 is 0 Å². The minimum atomic E-state index is 0.00934. The molecule has 174 valence electrons. The molecule has 1 aliphatic heterocycles. The number of morpholine rings is 1. The van der Waals surface area contributed by atoms with Crippen molar-refractivity contribution in [2.24, 2.45) is 0 Å². The Labute approximate surface area is 200 Å². The number of phenols is 1. The van der Waals surface area contributed by atoms with Crippen molar-refractivity contribution < 1.29 is 19.4 Å². The van der Waals surface area contributed by atoms with E-state index in [1.165, 1.54) is 5.56 Å². The number of hydrogen-bond acceptors (Lipinski definition) is 5. The normalized spacial score (nSPS) is 16.2. The van der Waals surface area contributed by atoms with E-state index < -0.39 is 0 Å². The van der Waals surface area contributed by atoms with E-state index in [0.717, 1.165) is 73.7 Å². The van der Waals surface area contributed by atoms with Gasteiger partial charge in [0.15, 0.2) is 5.78 Å². The van der Waals surface area contributed by atoms with Gasteiger partial charge < -0.3 is 14.6 Å².